The van der Waals surface area contributed by atoms with Gasteiger partial charge in [0.15, 0.2) is 11.5 Å². The van der Waals surface area contributed by atoms with Gasteiger partial charge in [0.25, 0.3) is 15.9 Å². The Labute approximate surface area is 171 Å². The van der Waals surface area contributed by atoms with E-state index in [1.165, 1.54) is 38.5 Å². The minimum atomic E-state index is -3.95. The molecule has 0 aliphatic rings. The highest BCUT2D eigenvalue weighted by molar-refractivity contribution is 7.92. The summed E-state index contributed by atoms with van der Waals surface area (Å²) in [6.07, 6.45) is 0.742. The van der Waals surface area contributed by atoms with Crippen LogP contribution in [-0.4, -0.2) is 41.7 Å². The van der Waals surface area contributed by atoms with Crippen molar-refractivity contribution in [2.45, 2.75) is 25.2 Å². The van der Waals surface area contributed by atoms with Gasteiger partial charge in [-0.1, -0.05) is 6.92 Å². The molecule has 0 unspecified atom stereocenters. The first kappa shape index (κ1) is 22.4. The summed E-state index contributed by atoms with van der Waals surface area (Å²) in [5.41, 5.74) is 0.218. The first-order chi connectivity index (χ1) is 13.9. The Morgan fingerprint density at radius 1 is 1.00 bits per heavy atom. The molecule has 1 amide bonds. The van der Waals surface area contributed by atoms with Gasteiger partial charge < -0.3 is 19.5 Å². The van der Waals surface area contributed by atoms with E-state index in [2.05, 4.69) is 10.0 Å². The third-order valence-electron chi connectivity index (χ3n) is 3.99. The summed E-state index contributed by atoms with van der Waals surface area (Å²) in [7, 11) is -1.08. The van der Waals surface area contributed by atoms with Gasteiger partial charge in [-0.15, -0.1) is 0 Å². The van der Waals surface area contributed by atoms with Crippen molar-refractivity contribution in [2.75, 3.05) is 32.1 Å². The van der Waals surface area contributed by atoms with Crippen molar-refractivity contribution in [1.29, 1.82) is 0 Å². The number of hydrogen-bond acceptors (Lipinski definition) is 6. The van der Waals surface area contributed by atoms with E-state index in [-0.39, 0.29) is 16.1 Å². The molecule has 0 heterocycles. The van der Waals surface area contributed by atoms with Crippen molar-refractivity contribution in [3.8, 4) is 17.2 Å². The van der Waals surface area contributed by atoms with E-state index in [0.717, 1.165) is 6.42 Å². The molecule has 0 bridgehead atoms. The van der Waals surface area contributed by atoms with E-state index in [4.69, 9.17) is 14.2 Å². The monoisotopic (exact) mass is 422 g/mol. The number of hydrogen-bond donors (Lipinski definition) is 2. The highest BCUT2D eigenvalue weighted by Gasteiger charge is 2.22. The van der Waals surface area contributed by atoms with Crippen LogP contribution in [0, 0.1) is 0 Å². The molecule has 9 heteroatoms. The molecule has 0 saturated carbocycles. The summed E-state index contributed by atoms with van der Waals surface area (Å²) < 4.78 is 44.0. The molecule has 0 fully saturated rings. The molecule has 2 aromatic carbocycles. The lowest BCUT2D eigenvalue weighted by Crippen LogP contribution is -2.26. The van der Waals surface area contributed by atoms with Crippen LogP contribution in [0.3, 0.4) is 0 Å². The minimum Gasteiger partial charge on any atom is -0.494 e. The Balaban J connectivity index is 2.44. The van der Waals surface area contributed by atoms with E-state index in [1.807, 2.05) is 13.8 Å². The Kier molecular flexibility index (Phi) is 7.72. The van der Waals surface area contributed by atoms with E-state index in [0.29, 0.717) is 30.4 Å². The van der Waals surface area contributed by atoms with Gasteiger partial charge in [0.05, 0.1) is 37.0 Å². The molecule has 8 nitrogen and oxygen atoms in total. The molecule has 2 rings (SSSR count). The fourth-order valence-electron chi connectivity index (χ4n) is 2.57. The van der Waals surface area contributed by atoms with Crippen LogP contribution in [0.4, 0.5) is 5.69 Å². The number of sulfonamides is 1. The normalized spacial score (nSPS) is 10.9. The standard InChI is InChI=1S/C20H26N2O6S/c1-5-11-21-20(23)16-12-18(26-3)19(27-4)13-17(16)22-29(24,25)15-9-7-14(8-10-15)28-6-2/h7-10,12-13,22H,5-6,11H2,1-4H3,(H,21,23). The average Bonchev–Trinajstić information content (AvgIpc) is 2.72. The molecule has 0 aromatic heterocycles. The summed E-state index contributed by atoms with van der Waals surface area (Å²) in [5, 5.41) is 2.74. The van der Waals surface area contributed by atoms with Gasteiger partial charge in [0, 0.05) is 12.6 Å². The molecule has 0 spiro atoms. The lowest BCUT2D eigenvalue weighted by molar-refractivity contribution is 0.0954. The second-order valence-corrected chi connectivity index (χ2v) is 7.70. The van der Waals surface area contributed by atoms with Crippen LogP contribution in [0.1, 0.15) is 30.6 Å². The van der Waals surface area contributed by atoms with Gasteiger partial charge in [-0.05, 0) is 43.7 Å². The summed E-state index contributed by atoms with van der Waals surface area (Å²) in [6.45, 7) is 4.70. The molecule has 158 valence electrons. The number of anilines is 1. The summed E-state index contributed by atoms with van der Waals surface area (Å²) >= 11 is 0. The summed E-state index contributed by atoms with van der Waals surface area (Å²) in [6, 6.07) is 8.88. The van der Waals surface area contributed by atoms with Gasteiger partial charge in [-0.2, -0.15) is 0 Å². The third-order valence-corrected chi connectivity index (χ3v) is 5.37. The van der Waals surface area contributed by atoms with Crippen LogP contribution in [0.2, 0.25) is 0 Å². The maximum atomic E-state index is 12.9. The average molecular weight is 423 g/mol. The van der Waals surface area contributed by atoms with Crippen molar-refractivity contribution in [3.63, 3.8) is 0 Å². The quantitative estimate of drug-likeness (QED) is 0.610. The Bertz CT molecular complexity index is 942. The highest BCUT2D eigenvalue weighted by Crippen LogP contribution is 2.34. The largest absolute Gasteiger partial charge is 0.494 e. The number of ether oxygens (including phenoxy) is 3. The molecule has 0 aliphatic heterocycles. The number of benzene rings is 2. The predicted molar refractivity (Wildman–Crippen MR) is 111 cm³/mol. The van der Waals surface area contributed by atoms with Gasteiger partial charge >= 0.3 is 0 Å². The zero-order valence-electron chi connectivity index (χ0n) is 16.9. The zero-order valence-corrected chi connectivity index (χ0v) is 17.8. The number of rotatable bonds is 10. The fourth-order valence-corrected chi connectivity index (χ4v) is 3.64. The second-order valence-electron chi connectivity index (χ2n) is 6.02. The van der Waals surface area contributed by atoms with E-state index >= 15 is 0 Å². The SMILES string of the molecule is CCCNC(=O)c1cc(OC)c(OC)cc1NS(=O)(=O)c1ccc(OCC)cc1. The minimum absolute atomic E-state index is 0.0376. The van der Waals surface area contributed by atoms with E-state index in [1.54, 1.807) is 12.1 Å². The van der Waals surface area contributed by atoms with Crippen LogP contribution >= 0.6 is 0 Å². The van der Waals surface area contributed by atoms with Crippen LogP contribution in [-0.2, 0) is 10.0 Å². The zero-order chi connectivity index (χ0) is 21.4. The Morgan fingerprint density at radius 3 is 2.17 bits per heavy atom. The van der Waals surface area contributed by atoms with Crippen molar-refractivity contribution >= 4 is 21.6 Å². The van der Waals surface area contributed by atoms with Crippen molar-refractivity contribution in [2.24, 2.45) is 0 Å². The molecule has 29 heavy (non-hydrogen) atoms. The number of methoxy groups -OCH3 is 2. The molecule has 0 atom stereocenters. The molecule has 2 N–H and O–H groups in total. The van der Waals surface area contributed by atoms with E-state index < -0.39 is 15.9 Å². The smallest absolute Gasteiger partial charge is 0.261 e. The first-order valence-electron chi connectivity index (χ1n) is 9.16. The first-order valence-corrected chi connectivity index (χ1v) is 10.6. The van der Waals surface area contributed by atoms with Crippen molar-refractivity contribution < 1.29 is 27.4 Å². The summed E-state index contributed by atoms with van der Waals surface area (Å²) in [5.74, 6) is 0.761. The lowest BCUT2D eigenvalue weighted by Gasteiger charge is -2.16. The van der Waals surface area contributed by atoms with Gasteiger partial charge in [0.1, 0.15) is 5.75 Å². The molecule has 0 aliphatic carbocycles. The van der Waals surface area contributed by atoms with Crippen molar-refractivity contribution in [1.82, 2.24) is 5.32 Å². The molecular weight excluding hydrogens is 396 g/mol. The van der Waals surface area contributed by atoms with Gasteiger partial charge in [0.2, 0.25) is 0 Å². The van der Waals surface area contributed by atoms with Crippen molar-refractivity contribution in [3.05, 3.63) is 42.0 Å². The number of nitrogens with one attached hydrogen (secondary N) is 2. The molecule has 2 aromatic rings. The third kappa shape index (κ3) is 5.54. The number of amides is 1. The van der Waals surface area contributed by atoms with Crippen LogP contribution in [0.5, 0.6) is 17.2 Å². The van der Waals surface area contributed by atoms with Crippen LogP contribution in [0.25, 0.3) is 0 Å². The Morgan fingerprint density at radius 2 is 1.62 bits per heavy atom. The van der Waals surface area contributed by atoms with Gasteiger partial charge in [-0.25, -0.2) is 8.42 Å². The summed E-state index contributed by atoms with van der Waals surface area (Å²) in [4.78, 5) is 12.6. The molecule has 0 radical (unpaired) electrons. The highest BCUT2D eigenvalue weighted by atomic mass is 32.2. The second kappa shape index (κ2) is 10.0. The van der Waals surface area contributed by atoms with E-state index in [9.17, 15) is 13.2 Å². The number of carbonyl (C=O) groups excluding carboxylic acids is 1. The topological polar surface area (TPSA) is 103 Å². The molecular formula is C20H26N2O6S. The molecule has 0 saturated heterocycles. The predicted octanol–water partition coefficient (Wildman–Crippen LogP) is 3.04. The lowest BCUT2D eigenvalue weighted by atomic mass is 10.1. The van der Waals surface area contributed by atoms with Crippen LogP contribution in [0.15, 0.2) is 41.3 Å². The van der Waals surface area contributed by atoms with Gasteiger partial charge in [-0.3, -0.25) is 9.52 Å². The number of carbonyl (C=O) groups is 1. The maximum absolute atomic E-state index is 12.9. The fraction of sp³-hybridized carbons (Fsp3) is 0.350. The maximum Gasteiger partial charge on any atom is 0.261 e. The van der Waals surface area contributed by atoms with Crippen LogP contribution < -0.4 is 24.2 Å². The Hall–Kier alpha value is -2.94.